The third-order valence-corrected chi connectivity index (χ3v) is 4.91. The zero-order valence-electron chi connectivity index (χ0n) is 15.2. The average molecular weight is 330 g/mol. The van der Waals surface area contributed by atoms with Crippen molar-refractivity contribution in [1.29, 1.82) is 0 Å². The fraction of sp³-hybridized carbons (Fsp3) is 0.600. The molecule has 0 atom stereocenters. The SMILES string of the molecule is CCCNC(=O)C1(c2ccc(NC(=O)C(C)C)cc2)CCCCC1. The second-order valence-corrected chi connectivity index (χ2v) is 7.12. The second kappa shape index (κ2) is 8.32. The van der Waals surface area contributed by atoms with Crippen molar-refractivity contribution in [3.05, 3.63) is 29.8 Å². The lowest BCUT2D eigenvalue weighted by molar-refractivity contribution is -0.128. The van der Waals surface area contributed by atoms with Gasteiger partial charge in [0.05, 0.1) is 5.41 Å². The highest BCUT2D eigenvalue weighted by Crippen LogP contribution is 2.40. The Hall–Kier alpha value is -1.84. The van der Waals surface area contributed by atoms with E-state index in [9.17, 15) is 9.59 Å². The van der Waals surface area contributed by atoms with Gasteiger partial charge >= 0.3 is 0 Å². The fourth-order valence-electron chi connectivity index (χ4n) is 3.37. The topological polar surface area (TPSA) is 58.2 Å². The lowest BCUT2D eigenvalue weighted by Crippen LogP contribution is -2.46. The van der Waals surface area contributed by atoms with Crippen LogP contribution >= 0.6 is 0 Å². The number of nitrogens with one attached hydrogen (secondary N) is 2. The summed E-state index contributed by atoms with van der Waals surface area (Å²) in [6.07, 6.45) is 6.13. The highest BCUT2D eigenvalue weighted by molar-refractivity contribution is 5.92. The van der Waals surface area contributed by atoms with Crippen LogP contribution in [0.25, 0.3) is 0 Å². The van der Waals surface area contributed by atoms with Gasteiger partial charge in [-0.05, 0) is 37.0 Å². The van der Waals surface area contributed by atoms with E-state index in [0.29, 0.717) is 0 Å². The Labute approximate surface area is 145 Å². The molecule has 0 spiro atoms. The quantitative estimate of drug-likeness (QED) is 0.828. The summed E-state index contributed by atoms with van der Waals surface area (Å²) in [6, 6.07) is 7.84. The zero-order chi connectivity index (χ0) is 17.6. The van der Waals surface area contributed by atoms with Crippen molar-refractivity contribution in [2.45, 2.75) is 64.7 Å². The number of amides is 2. The molecule has 0 aromatic heterocycles. The summed E-state index contributed by atoms with van der Waals surface area (Å²) >= 11 is 0. The summed E-state index contributed by atoms with van der Waals surface area (Å²) in [6.45, 7) is 6.54. The molecule has 2 amide bonds. The maximum absolute atomic E-state index is 12.9. The van der Waals surface area contributed by atoms with E-state index in [4.69, 9.17) is 0 Å². The van der Waals surface area contributed by atoms with E-state index >= 15 is 0 Å². The van der Waals surface area contributed by atoms with Crippen molar-refractivity contribution in [1.82, 2.24) is 5.32 Å². The second-order valence-electron chi connectivity index (χ2n) is 7.12. The van der Waals surface area contributed by atoms with E-state index in [1.807, 2.05) is 38.1 Å². The van der Waals surface area contributed by atoms with Gasteiger partial charge in [-0.15, -0.1) is 0 Å². The van der Waals surface area contributed by atoms with Crippen LogP contribution in [0.4, 0.5) is 5.69 Å². The summed E-state index contributed by atoms with van der Waals surface area (Å²) < 4.78 is 0. The first kappa shape index (κ1) is 18.5. The van der Waals surface area contributed by atoms with Crippen LogP contribution in [0, 0.1) is 5.92 Å². The van der Waals surface area contributed by atoms with E-state index in [2.05, 4.69) is 17.6 Å². The molecule has 1 aliphatic carbocycles. The van der Waals surface area contributed by atoms with Crippen LogP contribution < -0.4 is 10.6 Å². The van der Waals surface area contributed by atoms with Gasteiger partial charge in [-0.1, -0.05) is 52.2 Å². The molecule has 0 heterocycles. The molecule has 0 saturated heterocycles. The van der Waals surface area contributed by atoms with Gasteiger partial charge in [0.2, 0.25) is 11.8 Å². The molecule has 0 aliphatic heterocycles. The van der Waals surface area contributed by atoms with Crippen molar-refractivity contribution >= 4 is 17.5 Å². The molecule has 24 heavy (non-hydrogen) atoms. The van der Waals surface area contributed by atoms with Crippen LogP contribution in [0.2, 0.25) is 0 Å². The van der Waals surface area contributed by atoms with E-state index in [-0.39, 0.29) is 17.7 Å². The number of hydrogen-bond donors (Lipinski definition) is 2. The maximum Gasteiger partial charge on any atom is 0.230 e. The van der Waals surface area contributed by atoms with Gasteiger partial charge in [-0.3, -0.25) is 9.59 Å². The molecule has 132 valence electrons. The number of anilines is 1. The first-order valence-corrected chi connectivity index (χ1v) is 9.19. The number of carbonyl (C=O) groups is 2. The Morgan fingerprint density at radius 3 is 2.25 bits per heavy atom. The van der Waals surface area contributed by atoms with Crippen molar-refractivity contribution in [2.24, 2.45) is 5.92 Å². The molecule has 2 rings (SSSR count). The third kappa shape index (κ3) is 4.16. The summed E-state index contributed by atoms with van der Waals surface area (Å²) in [5.74, 6) is 0.119. The number of benzene rings is 1. The smallest absolute Gasteiger partial charge is 0.230 e. The first-order valence-electron chi connectivity index (χ1n) is 9.19. The normalized spacial score (nSPS) is 16.7. The van der Waals surface area contributed by atoms with E-state index in [1.165, 1.54) is 6.42 Å². The molecule has 1 aromatic carbocycles. The van der Waals surface area contributed by atoms with Gasteiger partial charge in [-0.25, -0.2) is 0 Å². The minimum absolute atomic E-state index is 0.0100. The number of rotatable bonds is 6. The van der Waals surface area contributed by atoms with Crippen LogP contribution in [-0.2, 0) is 15.0 Å². The highest BCUT2D eigenvalue weighted by Gasteiger charge is 2.40. The molecule has 4 heteroatoms. The molecule has 1 aliphatic rings. The van der Waals surface area contributed by atoms with E-state index in [1.54, 1.807) is 0 Å². The zero-order valence-corrected chi connectivity index (χ0v) is 15.2. The summed E-state index contributed by atoms with van der Waals surface area (Å²) in [5, 5.41) is 6.00. The predicted octanol–water partition coefficient (Wildman–Crippen LogP) is 4.01. The molecule has 0 radical (unpaired) electrons. The van der Waals surface area contributed by atoms with Crippen LogP contribution in [0.1, 0.15) is 64.9 Å². The van der Waals surface area contributed by atoms with Crippen molar-refractivity contribution < 1.29 is 9.59 Å². The molecule has 1 fully saturated rings. The van der Waals surface area contributed by atoms with E-state index in [0.717, 1.165) is 49.9 Å². The highest BCUT2D eigenvalue weighted by atomic mass is 16.2. The van der Waals surface area contributed by atoms with Crippen molar-refractivity contribution in [3.63, 3.8) is 0 Å². The maximum atomic E-state index is 12.9. The molecule has 1 saturated carbocycles. The summed E-state index contributed by atoms with van der Waals surface area (Å²) in [5.41, 5.74) is 1.45. The number of hydrogen-bond acceptors (Lipinski definition) is 2. The van der Waals surface area contributed by atoms with Gasteiger partial charge in [0, 0.05) is 18.2 Å². The summed E-state index contributed by atoms with van der Waals surface area (Å²) in [7, 11) is 0. The first-order chi connectivity index (χ1) is 11.5. The van der Waals surface area contributed by atoms with Gasteiger partial charge in [-0.2, -0.15) is 0 Å². The molecule has 1 aromatic rings. The van der Waals surface area contributed by atoms with Gasteiger partial charge < -0.3 is 10.6 Å². The Balaban J connectivity index is 2.20. The van der Waals surface area contributed by atoms with Crippen molar-refractivity contribution in [3.8, 4) is 0 Å². The molecule has 0 bridgehead atoms. The van der Waals surface area contributed by atoms with Crippen LogP contribution in [0.5, 0.6) is 0 Å². The summed E-state index contributed by atoms with van der Waals surface area (Å²) in [4.78, 5) is 24.7. The number of carbonyl (C=O) groups excluding carboxylic acids is 2. The van der Waals surface area contributed by atoms with Gasteiger partial charge in [0.1, 0.15) is 0 Å². The minimum Gasteiger partial charge on any atom is -0.355 e. The van der Waals surface area contributed by atoms with Crippen molar-refractivity contribution in [2.75, 3.05) is 11.9 Å². The molecule has 0 unspecified atom stereocenters. The van der Waals surface area contributed by atoms with Crippen LogP contribution in [-0.4, -0.2) is 18.4 Å². The minimum atomic E-state index is -0.409. The average Bonchev–Trinajstić information content (AvgIpc) is 2.60. The molecule has 2 N–H and O–H groups in total. The Morgan fingerprint density at radius 2 is 1.71 bits per heavy atom. The Bertz CT molecular complexity index is 558. The van der Waals surface area contributed by atoms with Crippen LogP contribution in [0.3, 0.4) is 0 Å². The monoisotopic (exact) mass is 330 g/mol. The molecular weight excluding hydrogens is 300 g/mol. The standard InChI is InChI=1S/C20H30N2O2/c1-4-14-21-19(24)20(12-6-5-7-13-20)16-8-10-17(11-9-16)22-18(23)15(2)3/h8-11,15H,4-7,12-14H2,1-3H3,(H,21,24)(H,22,23). The van der Waals surface area contributed by atoms with Gasteiger partial charge in [0.15, 0.2) is 0 Å². The van der Waals surface area contributed by atoms with Crippen LogP contribution in [0.15, 0.2) is 24.3 Å². The van der Waals surface area contributed by atoms with Gasteiger partial charge in [0.25, 0.3) is 0 Å². The van der Waals surface area contributed by atoms with E-state index < -0.39 is 5.41 Å². The predicted molar refractivity (Wildman–Crippen MR) is 98.0 cm³/mol. The Kier molecular flexibility index (Phi) is 6.41. The lowest BCUT2D eigenvalue weighted by Gasteiger charge is -2.36. The lowest BCUT2D eigenvalue weighted by atomic mass is 9.68. The largest absolute Gasteiger partial charge is 0.355 e. The third-order valence-electron chi connectivity index (χ3n) is 4.91. The fourth-order valence-corrected chi connectivity index (χ4v) is 3.37. The molecular formula is C20H30N2O2. The Morgan fingerprint density at radius 1 is 1.08 bits per heavy atom. The molecule has 4 nitrogen and oxygen atoms in total.